The van der Waals surface area contributed by atoms with Gasteiger partial charge in [-0.05, 0) is 32.6 Å². The summed E-state index contributed by atoms with van der Waals surface area (Å²) in [6.07, 6.45) is 6.27. The van der Waals surface area contributed by atoms with Gasteiger partial charge >= 0.3 is 0 Å². The van der Waals surface area contributed by atoms with E-state index < -0.39 is 0 Å². The van der Waals surface area contributed by atoms with Crippen molar-refractivity contribution in [2.75, 3.05) is 39.6 Å². The van der Waals surface area contributed by atoms with Gasteiger partial charge in [0.05, 0.1) is 18.9 Å². The van der Waals surface area contributed by atoms with Crippen LogP contribution in [0.4, 0.5) is 0 Å². The Morgan fingerprint density at radius 2 is 2.17 bits per heavy atom. The molecule has 2 aliphatic rings. The van der Waals surface area contributed by atoms with E-state index in [0.29, 0.717) is 12.5 Å². The second-order valence-electron chi connectivity index (χ2n) is 7.45. The molecule has 0 amide bonds. The fourth-order valence-electron chi connectivity index (χ4n) is 3.86. The Morgan fingerprint density at radius 1 is 1.38 bits per heavy atom. The van der Waals surface area contributed by atoms with Gasteiger partial charge in [-0.3, -0.25) is 4.68 Å². The van der Waals surface area contributed by atoms with Crippen molar-refractivity contribution in [2.45, 2.75) is 44.6 Å². The van der Waals surface area contributed by atoms with Crippen LogP contribution >= 0.6 is 0 Å². The number of nitrogens with one attached hydrogen (secondary N) is 1. The maximum atomic E-state index is 9.84. The standard InChI is InChI=1S/C18H31N3O3/c1-14(19-11-18(12-22)6-3-7-24-13-18)16-10-21(2)20-17(16)15-4-8-23-9-5-15/h10,14-15,19,22H,3-9,11-13H2,1-2H3. The molecule has 2 atom stereocenters. The van der Waals surface area contributed by atoms with Crippen molar-refractivity contribution in [2.24, 2.45) is 12.5 Å². The van der Waals surface area contributed by atoms with Crippen molar-refractivity contribution in [3.63, 3.8) is 0 Å². The zero-order valence-electron chi connectivity index (χ0n) is 15.0. The molecular formula is C18H31N3O3. The first-order valence-electron chi connectivity index (χ1n) is 9.17. The summed E-state index contributed by atoms with van der Waals surface area (Å²) in [5.41, 5.74) is 2.33. The number of hydrogen-bond acceptors (Lipinski definition) is 5. The molecular weight excluding hydrogens is 306 g/mol. The van der Waals surface area contributed by atoms with E-state index in [2.05, 4.69) is 18.4 Å². The molecule has 2 fully saturated rings. The van der Waals surface area contributed by atoms with E-state index in [4.69, 9.17) is 14.6 Å². The first-order chi connectivity index (χ1) is 11.6. The molecule has 1 aromatic heterocycles. The molecule has 2 saturated heterocycles. The Balaban J connectivity index is 1.67. The highest BCUT2D eigenvalue weighted by molar-refractivity contribution is 5.25. The minimum atomic E-state index is -0.145. The fraction of sp³-hybridized carbons (Fsp3) is 0.833. The lowest BCUT2D eigenvalue weighted by molar-refractivity contribution is -0.0381. The number of hydrogen-bond donors (Lipinski definition) is 2. The smallest absolute Gasteiger partial charge is 0.0704 e. The van der Waals surface area contributed by atoms with E-state index in [-0.39, 0.29) is 18.1 Å². The predicted octanol–water partition coefficient (Wildman–Crippen LogP) is 1.75. The molecule has 3 heterocycles. The Bertz CT molecular complexity index is 520. The van der Waals surface area contributed by atoms with Crippen LogP contribution in [0.3, 0.4) is 0 Å². The Kier molecular flexibility index (Phi) is 5.92. The number of rotatable bonds is 6. The molecule has 1 aromatic rings. The highest BCUT2D eigenvalue weighted by Gasteiger charge is 2.33. The third kappa shape index (κ3) is 3.99. The summed E-state index contributed by atoms with van der Waals surface area (Å²) in [7, 11) is 1.99. The monoisotopic (exact) mass is 337 g/mol. The zero-order valence-corrected chi connectivity index (χ0v) is 15.0. The van der Waals surface area contributed by atoms with Crippen LogP contribution in [0, 0.1) is 5.41 Å². The average Bonchev–Trinajstić information content (AvgIpc) is 3.03. The van der Waals surface area contributed by atoms with E-state index >= 15 is 0 Å². The predicted molar refractivity (Wildman–Crippen MR) is 92.0 cm³/mol. The third-order valence-electron chi connectivity index (χ3n) is 5.48. The lowest BCUT2D eigenvalue weighted by Crippen LogP contribution is -2.44. The number of nitrogens with zero attached hydrogens (tertiary/aromatic N) is 2. The van der Waals surface area contributed by atoms with Gasteiger partial charge in [-0.25, -0.2) is 0 Å². The van der Waals surface area contributed by atoms with Crippen molar-refractivity contribution < 1.29 is 14.6 Å². The summed E-state index contributed by atoms with van der Waals surface area (Å²) < 4.78 is 13.0. The molecule has 6 nitrogen and oxygen atoms in total. The van der Waals surface area contributed by atoms with Crippen molar-refractivity contribution in [3.05, 3.63) is 17.5 Å². The molecule has 24 heavy (non-hydrogen) atoms. The van der Waals surface area contributed by atoms with E-state index in [1.54, 1.807) is 0 Å². The van der Waals surface area contributed by atoms with Gasteiger partial charge in [0.2, 0.25) is 0 Å². The van der Waals surface area contributed by atoms with E-state index in [1.807, 2.05) is 11.7 Å². The normalized spacial score (nSPS) is 27.3. The Morgan fingerprint density at radius 3 is 2.83 bits per heavy atom. The van der Waals surface area contributed by atoms with Gasteiger partial charge in [-0.15, -0.1) is 0 Å². The lowest BCUT2D eigenvalue weighted by atomic mass is 9.83. The van der Waals surface area contributed by atoms with Gasteiger partial charge in [0, 0.05) is 62.5 Å². The van der Waals surface area contributed by atoms with Gasteiger partial charge < -0.3 is 19.9 Å². The third-order valence-corrected chi connectivity index (χ3v) is 5.48. The first kappa shape index (κ1) is 17.9. The summed E-state index contributed by atoms with van der Waals surface area (Å²) in [6.45, 7) is 6.24. The average molecular weight is 337 g/mol. The molecule has 0 spiro atoms. The highest BCUT2D eigenvalue weighted by atomic mass is 16.5. The molecule has 136 valence electrons. The van der Waals surface area contributed by atoms with Crippen molar-refractivity contribution >= 4 is 0 Å². The highest BCUT2D eigenvalue weighted by Crippen LogP contribution is 2.32. The van der Waals surface area contributed by atoms with Crippen LogP contribution in [-0.2, 0) is 16.5 Å². The number of ether oxygens (including phenoxy) is 2. The van der Waals surface area contributed by atoms with Gasteiger partial charge in [0.1, 0.15) is 0 Å². The van der Waals surface area contributed by atoms with Crippen LogP contribution in [0.1, 0.15) is 55.8 Å². The van der Waals surface area contributed by atoms with Crippen molar-refractivity contribution in [1.29, 1.82) is 0 Å². The van der Waals surface area contributed by atoms with E-state index in [9.17, 15) is 5.11 Å². The minimum absolute atomic E-state index is 0.145. The topological polar surface area (TPSA) is 68.5 Å². The second kappa shape index (κ2) is 7.95. The molecule has 2 N–H and O–H groups in total. The van der Waals surface area contributed by atoms with Crippen LogP contribution in [0.25, 0.3) is 0 Å². The van der Waals surface area contributed by atoms with Crippen LogP contribution in [0.15, 0.2) is 6.20 Å². The van der Waals surface area contributed by atoms with Crippen LogP contribution in [0.5, 0.6) is 0 Å². The fourth-order valence-corrected chi connectivity index (χ4v) is 3.86. The summed E-state index contributed by atoms with van der Waals surface area (Å²) in [5, 5.41) is 18.2. The van der Waals surface area contributed by atoms with E-state index in [1.165, 1.54) is 11.3 Å². The number of aromatic nitrogens is 2. The number of aliphatic hydroxyl groups is 1. The van der Waals surface area contributed by atoms with Crippen LogP contribution in [-0.4, -0.2) is 54.5 Å². The molecule has 6 heteroatoms. The molecule has 2 unspecified atom stereocenters. The van der Waals surface area contributed by atoms with Gasteiger partial charge in [0.25, 0.3) is 0 Å². The molecule has 2 aliphatic heterocycles. The summed E-state index contributed by atoms with van der Waals surface area (Å²) >= 11 is 0. The molecule has 0 aromatic carbocycles. The van der Waals surface area contributed by atoms with Crippen LogP contribution in [0.2, 0.25) is 0 Å². The largest absolute Gasteiger partial charge is 0.396 e. The summed E-state index contributed by atoms with van der Waals surface area (Å²) in [5.74, 6) is 0.490. The number of aryl methyl sites for hydroxylation is 1. The van der Waals surface area contributed by atoms with E-state index in [0.717, 1.165) is 52.0 Å². The van der Waals surface area contributed by atoms with Crippen molar-refractivity contribution in [1.82, 2.24) is 15.1 Å². The Labute approximate surface area is 144 Å². The molecule has 3 rings (SSSR count). The molecule has 0 saturated carbocycles. The second-order valence-corrected chi connectivity index (χ2v) is 7.45. The SMILES string of the molecule is CC(NCC1(CO)CCCOC1)c1cn(C)nc1C1CCOCC1. The summed E-state index contributed by atoms with van der Waals surface area (Å²) in [6, 6.07) is 0.210. The van der Waals surface area contributed by atoms with Crippen LogP contribution < -0.4 is 5.32 Å². The minimum Gasteiger partial charge on any atom is -0.396 e. The van der Waals surface area contributed by atoms with Gasteiger partial charge in [0.15, 0.2) is 0 Å². The summed E-state index contributed by atoms with van der Waals surface area (Å²) in [4.78, 5) is 0. The zero-order chi connectivity index (χ0) is 17.0. The maximum Gasteiger partial charge on any atom is 0.0704 e. The lowest BCUT2D eigenvalue weighted by Gasteiger charge is -2.36. The van der Waals surface area contributed by atoms with Gasteiger partial charge in [-0.2, -0.15) is 5.10 Å². The molecule has 0 radical (unpaired) electrons. The molecule has 0 bridgehead atoms. The van der Waals surface area contributed by atoms with Gasteiger partial charge in [-0.1, -0.05) is 0 Å². The maximum absolute atomic E-state index is 9.84. The Hall–Kier alpha value is -0.950. The quantitative estimate of drug-likeness (QED) is 0.828. The van der Waals surface area contributed by atoms with Crippen molar-refractivity contribution in [3.8, 4) is 0 Å². The molecule has 0 aliphatic carbocycles. The first-order valence-corrected chi connectivity index (χ1v) is 9.17. The number of aliphatic hydroxyl groups excluding tert-OH is 1.